The minimum atomic E-state index is -0.337. The molecular weight excluding hydrogens is 360 g/mol. The minimum Gasteiger partial charge on any atom is -0.459 e. The second-order valence-corrected chi connectivity index (χ2v) is 7.91. The van der Waals surface area contributed by atoms with Gasteiger partial charge < -0.3 is 10.1 Å². The van der Waals surface area contributed by atoms with Gasteiger partial charge in [-0.15, -0.1) is 11.8 Å². The van der Waals surface area contributed by atoms with Crippen molar-refractivity contribution < 1.29 is 9.53 Å². The molecule has 1 N–H and O–H groups in total. The normalized spacial score (nSPS) is 20.1. The number of benzene rings is 1. The molecule has 4 rings (SSSR count). The van der Waals surface area contributed by atoms with Crippen molar-refractivity contribution in [3.63, 3.8) is 0 Å². The van der Waals surface area contributed by atoms with E-state index in [2.05, 4.69) is 39.7 Å². The summed E-state index contributed by atoms with van der Waals surface area (Å²) < 4.78 is 7.65. The van der Waals surface area contributed by atoms with E-state index in [1.807, 2.05) is 13.2 Å². The molecule has 1 aliphatic carbocycles. The number of nitrogens with one attached hydrogen (secondary N) is 1. The summed E-state index contributed by atoms with van der Waals surface area (Å²) in [6.45, 7) is 1.90. The summed E-state index contributed by atoms with van der Waals surface area (Å²) in [5.41, 5.74) is 2.38. The summed E-state index contributed by atoms with van der Waals surface area (Å²) in [7, 11) is 0. The number of anilines is 1. The maximum absolute atomic E-state index is 13.1. The van der Waals surface area contributed by atoms with Crippen LogP contribution < -0.4 is 5.32 Å². The van der Waals surface area contributed by atoms with Gasteiger partial charge in [-0.2, -0.15) is 10.1 Å². The number of hydrogen-bond acceptors (Lipinski definition) is 6. The van der Waals surface area contributed by atoms with E-state index in [4.69, 9.17) is 4.74 Å². The molecule has 1 aliphatic heterocycles. The molecule has 1 aromatic carbocycles. The third kappa shape index (κ3) is 3.60. The third-order valence-electron chi connectivity index (χ3n) is 5.27. The zero-order valence-electron chi connectivity index (χ0n) is 15.6. The fraction of sp³-hybridized carbons (Fsp3) is 0.450. The average Bonchev–Trinajstić information content (AvgIpc) is 3.15. The van der Waals surface area contributed by atoms with E-state index in [0.717, 1.165) is 36.9 Å². The molecule has 1 aromatic heterocycles. The number of aromatic nitrogens is 3. The highest BCUT2D eigenvalue weighted by molar-refractivity contribution is 7.98. The summed E-state index contributed by atoms with van der Waals surface area (Å²) in [4.78, 5) is 18.6. The first-order valence-electron chi connectivity index (χ1n) is 9.39. The first kappa shape index (κ1) is 18.1. The SMILES string of the molecule is CSc1ccc([C@H]2C(C(=O)OC3CCCCC3)=C(C)Nc3ncnn32)cc1. The van der Waals surface area contributed by atoms with Crippen LogP contribution in [-0.2, 0) is 9.53 Å². The van der Waals surface area contributed by atoms with Crippen LogP contribution in [0.4, 0.5) is 5.95 Å². The van der Waals surface area contributed by atoms with Crippen LogP contribution in [0.5, 0.6) is 0 Å². The molecule has 0 saturated heterocycles. The molecule has 1 atom stereocenters. The molecule has 7 heteroatoms. The van der Waals surface area contributed by atoms with Crippen LogP contribution in [0, 0.1) is 0 Å². The Kier molecular flexibility index (Phi) is 5.20. The van der Waals surface area contributed by atoms with Crippen molar-refractivity contribution in [2.45, 2.75) is 56.1 Å². The topological polar surface area (TPSA) is 69.0 Å². The Morgan fingerprint density at radius 3 is 2.67 bits per heavy atom. The van der Waals surface area contributed by atoms with Crippen molar-refractivity contribution in [1.82, 2.24) is 14.8 Å². The summed E-state index contributed by atoms with van der Waals surface area (Å²) >= 11 is 1.69. The van der Waals surface area contributed by atoms with Crippen molar-refractivity contribution >= 4 is 23.7 Å². The first-order valence-corrected chi connectivity index (χ1v) is 10.6. The number of thioether (sulfide) groups is 1. The summed E-state index contributed by atoms with van der Waals surface area (Å²) in [6, 6.07) is 7.90. The number of esters is 1. The highest BCUT2D eigenvalue weighted by atomic mass is 32.2. The maximum Gasteiger partial charge on any atom is 0.338 e. The number of fused-ring (bicyclic) bond motifs is 1. The van der Waals surface area contributed by atoms with Gasteiger partial charge >= 0.3 is 5.97 Å². The molecule has 1 saturated carbocycles. The number of carbonyl (C=O) groups is 1. The van der Waals surface area contributed by atoms with Crippen molar-refractivity contribution in [2.24, 2.45) is 0 Å². The van der Waals surface area contributed by atoms with Gasteiger partial charge in [0.25, 0.3) is 0 Å². The van der Waals surface area contributed by atoms with E-state index in [-0.39, 0.29) is 18.1 Å². The van der Waals surface area contributed by atoms with Crippen LogP contribution in [0.1, 0.15) is 50.6 Å². The predicted octanol–water partition coefficient (Wildman–Crippen LogP) is 4.16. The molecule has 0 spiro atoms. The van der Waals surface area contributed by atoms with E-state index in [1.54, 1.807) is 16.4 Å². The van der Waals surface area contributed by atoms with Crippen LogP contribution >= 0.6 is 11.8 Å². The Bertz CT molecular complexity index is 853. The molecule has 6 nitrogen and oxygen atoms in total. The Labute approximate surface area is 163 Å². The monoisotopic (exact) mass is 384 g/mol. The number of carbonyl (C=O) groups excluding carboxylic acids is 1. The molecule has 0 bridgehead atoms. The number of ether oxygens (including phenoxy) is 1. The van der Waals surface area contributed by atoms with Crippen LogP contribution in [0.3, 0.4) is 0 Å². The molecule has 2 aliphatic rings. The van der Waals surface area contributed by atoms with Crippen LogP contribution in [-0.4, -0.2) is 33.1 Å². The zero-order valence-corrected chi connectivity index (χ0v) is 16.5. The molecule has 1 fully saturated rings. The Morgan fingerprint density at radius 2 is 1.96 bits per heavy atom. The number of nitrogens with zero attached hydrogens (tertiary/aromatic N) is 3. The Balaban J connectivity index is 1.68. The Morgan fingerprint density at radius 1 is 1.22 bits per heavy atom. The first-order chi connectivity index (χ1) is 13.2. The summed E-state index contributed by atoms with van der Waals surface area (Å²) in [5.74, 6) is 0.382. The van der Waals surface area contributed by atoms with Gasteiger partial charge in [0, 0.05) is 10.6 Å². The molecule has 0 amide bonds. The molecule has 2 aromatic rings. The van der Waals surface area contributed by atoms with Crippen molar-refractivity contribution in [1.29, 1.82) is 0 Å². The van der Waals surface area contributed by atoms with E-state index < -0.39 is 0 Å². The fourth-order valence-corrected chi connectivity index (χ4v) is 4.26. The van der Waals surface area contributed by atoms with Crippen LogP contribution in [0.2, 0.25) is 0 Å². The van der Waals surface area contributed by atoms with Gasteiger partial charge in [-0.1, -0.05) is 18.6 Å². The van der Waals surface area contributed by atoms with Crippen LogP contribution in [0.15, 0.2) is 46.8 Å². The predicted molar refractivity (Wildman–Crippen MR) is 106 cm³/mol. The number of hydrogen-bond donors (Lipinski definition) is 1. The van der Waals surface area contributed by atoms with Crippen molar-refractivity contribution in [3.8, 4) is 0 Å². The van der Waals surface area contributed by atoms with Crippen LogP contribution in [0.25, 0.3) is 0 Å². The molecule has 0 unspecified atom stereocenters. The lowest BCUT2D eigenvalue weighted by molar-refractivity contribution is -0.146. The highest BCUT2D eigenvalue weighted by Crippen LogP contribution is 2.36. The van der Waals surface area contributed by atoms with Gasteiger partial charge in [0.15, 0.2) is 0 Å². The summed E-state index contributed by atoms with van der Waals surface area (Å²) in [5, 5.41) is 7.56. The second-order valence-electron chi connectivity index (χ2n) is 7.03. The largest absolute Gasteiger partial charge is 0.459 e. The van der Waals surface area contributed by atoms with Crippen molar-refractivity contribution in [3.05, 3.63) is 47.4 Å². The van der Waals surface area contributed by atoms with Gasteiger partial charge in [-0.25, -0.2) is 9.48 Å². The number of allylic oxidation sites excluding steroid dienone is 1. The quantitative estimate of drug-likeness (QED) is 0.630. The molecule has 2 heterocycles. The molecule has 142 valence electrons. The van der Waals surface area contributed by atoms with Crippen molar-refractivity contribution in [2.75, 3.05) is 11.6 Å². The molecular formula is C20H24N4O2S. The van der Waals surface area contributed by atoms with E-state index >= 15 is 0 Å². The average molecular weight is 385 g/mol. The Hall–Kier alpha value is -2.28. The second kappa shape index (κ2) is 7.76. The zero-order chi connectivity index (χ0) is 18.8. The lowest BCUT2D eigenvalue weighted by Gasteiger charge is -2.30. The number of rotatable bonds is 4. The minimum absolute atomic E-state index is 0.0169. The molecule has 27 heavy (non-hydrogen) atoms. The lowest BCUT2D eigenvalue weighted by atomic mass is 9.95. The smallest absolute Gasteiger partial charge is 0.338 e. The van der Waals surface area contributed by atoms with Gasteiger partial charge in [-0.3, -0.25) is 0 Å². The highest BCUT2D eigenvalue weighted by Gasteiger charge is 2.35. The fourth-order valence-electron chi connectivity index (χ4n) is 3.85. The van der Waals surface area contributed by atoms with Gasteiger partial charge in [0.05, 0.1) is 5.57 Å². The molecule has 0 radical (unpaired) electrons. The third-order valence-corrected chi connectivity index (χ3v) is 6.02. The van der Waals surface area contributed by atoms with Gasteiger partial charge in [0.1, 0.15) is 18.5 Å². The van der Waals surface area contributed by atoms with E-state index in [9.17, 15) is 4.79 Å². The maximum atomic E-state index is 13.1. The van der Waals surface area contributed by atoms with E-state index in [0.29, 0.717) is 11.5 Å². The van der Waals surface area contributed by atoms with E-state index in [1.165, 1.54) is 17.6 Å². The standard InChI is InChI=1S/C20H24N4O2S/c1-13-17(19(25)26-15-6-4-3-5-7-15)18(24-20(23-13)21-12-22-24)14-8-10-16(27-2)11-9-14/h8-12,15,18H,3-7H2,1-2H3,(H,21,22,23)/t18-/m0/s1. The lowest BCUT2D eigenvalue weighted by Crippen LogP contribution is -2.32. The van der Waals surface area contributed by atoms with Gasteiger partial charge in [-0.05, 0) is 56.6 Å². The van der Waals surface area contributed by atoms with Gasteiger partial charge in [0.2, 0.25) is 5.95 Å². The summed E-state index contributed by atoms with van der Waals surface area (Å²) in [6.07, 6.45) is 8.95.